The van der Waals surface area contributed by atoms with E-state index in [0.717, 1.165) is 5.56 Å². The van der Waals surface area contributed by atoms with Gasteiger partial charge in [0, 0.05) is 20.6 Å². The molecule has 0 spiro atoms. The van der Waals surface area contributed by atoms with Gasteiger partial charge in [-0.15, -0.1) is 0 Å². The number of aliphatic imine (C=N–C) groups is 1. The molecule has 0 aromatic heterocycles. The molecule has 1 aromatic carbocycles. The van der Waals surface area contributed by atoms with E-state index in [2.05, 4.69) is 4.99 Å². The first kappa shape index (κ1) is 19.4. The average Bonchev–Trinajstić information content (AvgIpc) is 3.29. The topological polar surface area (TPSA) is 82.5 Å². The average molecular weight is 398 g/mol. The van der Waals surface area contributed by atoms with Crippen molar-refractivity contribution in [2.45, 2.75) is 31.5 Å². The number of carbonyl (C=O) groups excluding carboxylic acids is 3. The number of ether oxygens (including phenoxy) is 1. The molecule has 3 aliphatic rings. The smallest absolute Gasteiger partial charge is 0.332 e. The number of benzene rings is 1. The molecule has 154 valence electrons. The van der Waals surface area contributed by atoms with Gasteiger partial charge < -0.3 is 14.5 Å². The summed E-state index contributed by atoms with van der Waals surface area (Å²) in [5.41, 5.74) is -0.354. The number of amides is 2. The number of guanidine groups is 1. The third-order valence-corrected chi connectivity index (χ3v) is 6.61. The summed E-state index contributed by atoms with van der Waals surface area (Å²) >= 11 is 0. The summed E-state index contributed by atoms with van der Waals surface area (Å²) in [5.74, 6) is -1.76. The van der Waals surface area contributed by atoms with Gasteiger partial charge in [0.1, 0.15) is 0 Å². The van der Waals surface area contributed by atoms with Gasteiger partial charge in [-0.05, 0) is 12.0 Å². The molecular weight excluding hydrogens is 372 g/mol. The van der Waals surface area contributed by atoms with Crippen molar-refractivity contribution in [2.75, 3.05) is 27.7 Å². The minimum atomic E-state index is -1.23. The Morgan fingerprint density at radius 2 is 1.93 bits per heavy atom. The monoisotopic (exact) mass is 398 g/mol. The number of rotatable bonds is 4. The van der Waals surface area contributed by atoms with E-state index in [4.69, 9.17) is 4.74 Å². The van der Waals surface area contributed by atoms with Crippen LogP contribution in [-0.2, 0) is 25.7 Å². The van der Waals surface area contributed by atoms with Gasteiger partial charge in [0.25, 0.3) is 0 Å². The zero-order chi connectivity index (χ0) is 20.9. The molecule has 29 heavy (non-hydrogen) atoms. The second kappa shape index (κ2) is 6.86. The van der Waals surface area contributed by atoms with Crippen molar-refractivity contribution < 1.29 is 19.1 Å². The molecule has 0 bridgehead atoms. The van der Waals surface area contributed by atoms with E-state index in [9.17, 15) is 14.4 Å². The Hall–Kier alpha value is -2.90. The van der Waals surface area contributed by atoms with E-state index in [1.165, 1.54) is 12.0 Å². The summed E-state index contributed by atoms with van der Waals surface area (Å²) in [6.07, 6.45) is 0.350. The number of hydrogen-bond acceptors (Lipinski definition) is 5. The Morgan fingerprint density at radius 1 is 1.24 bits per heavy atom. The summed E-state index contributed by atoms with van der Waals surface area (Å²) in [5, 5.41) is 0. The van der Waals surface area contributed by atoms with Crippen LogP contribution in [-0.4, -0.2) is 77.8 Å². The maximum Gasteiger partial charge on any atom is 0.332 e. The fourth-order valence-corrected chi connectivity index (χ4v) is 5.45. The molecule has 0 unspecified atom stereocenters. The first-order chi connectivity index (χ1) is 13.9. The molecule has 2 amide bonds. The number of nitrogens with zero attached hydrogens (tertiary/aromatic N) is 4. The van der Waals surface area contributed by atoms with Gasteiger partial charge in [-0.3, -0.25) is 19.5 Å². The molecule has 1 aromatic rings. The molecule has 8 heteroatoms. The Kier molecular flexibility index (Phi) is 4.59. The molecule has 0 aliphatic carbocycles. The Bertz CT molecular complexity index is 886. The van der Waals surface area contributed by atoms with Crippen LogP contribution >= 0.6 is 0 Å². The van der Waals surface area contributed by atoms with Crippen LogP contribution in [0.1, 0.15) is 18.9 Å². The van der Waals surface area contributed by atoms with Crippen molar-refractivity contribution in [3.05, 3.63) is 35.9 Å². The quantitative estimate of drug-likeness (QED) is 0.549. The van der Waals surface area contributed by atoms with E-state index < -0.39 is 23.3 Å². The minimum Gasteiger partial charge on any atom is -0.467 e. The molecule has 0 N–H and O–H groups in total. The van der Waals surface area contributed by atoms with E-state index in [1.54, 1.807) is 7.05 Å². The largest absolute Gasteiger partial charge is 0.467 e. The predicted molar refractivity (Wildman–Crippen MR) is 106 cm³/mol. The summed E-state index contributed by atoms with van der Waals surface area (Å²) in [6, 6.07) is 9.13. The Morgan fingerprint density at radius 3 is 2.52 bits per heavy atom. The third-order valence-electron chi connectivity index (χ3n) is 6.61. The van der Waals surface area contributed by atoms with Crippen LogP contribution in [0.15, 0.2) is 35.3 Å². The van der Waals surface area contributed by atoms with Crippen molar-refractivity contribution in [3.63, 3.8) is 0 Å². The van der Waals surface area contributed by atoms with Gasteiger partial charge in [-0.25, -0.2) is 4.79 Å². The number of imide groups is 1. The second-order valence-electron chi connectivity index (χ2n) is 7.86. The Balaban J connectivity index is 1.81. The number of fused-ring (bicyclic) bond motifs is 3. The SMILES string of the molecule is CC[C@]1(C(=O)OC)[C@H]2C(=O)N(Cc3ccccc3)C(=O)[C@H]2[C@H]2CN(C)C(=NC)N21. The molecule has 3 aliphatic heterocycles. The van der Waals surface area contributed by atoms with Crippen LogP contribution in [0.5, 0.6) is 0 Å². The van der Waals surface area contributed by atoms with Crippen LogP contribution in [0.2, 0.25) is 0 Å². The molecular formula is C21H26N4O4. The van der Waals surface area contributed by atoms with Crippen LogP contribution in [0.4, 0.5) is 0 Å². The molecule has 4 atom stereocenters. The molecule has 3 fully saturated rings. The number of carbonyl (C=O) groups is 3. The lowest BCUT2D eigenvalue weighted by Crippen LogP contribution is -2.59. The number of esters is 1. The maximum absolute atomic E-state index is 13.5. The normalized spacial score (nSPS) is 32.2. The molecule has 8 nitrogen and oxygen atoms in total. The number of hydrogen-bond donors (Lipinski definition) is 0. The summed E-state index contributed by atoms with van der Waals surface area (Å²) in [7, 11) is 4.87. The van der Waals surface area contributed by atoms with Gasteiger partial charge in [0.15, 0.2) is 11.5 Å². The van der Waals surface area contributed by atoms with Gasteiger partial charge in [0.2, 0.25) is 11.8 Å². The molecule has 3 saturated heterocycles. The predicted octanol–water partition coefficient (Wildman–Crippen LogP) is 0.725. The van der Waals surface area contributed by atoms with E-state index >= 15 is 0 Å². The standard InChI is InChI=1S/C21H26N4O4/c1-5-21(19(28)29-4)16-15(14-12-23(3)20(22-2)25(14)21)17(26)24(18(16)27)11-13-9-7-6-8-10-13/h6-10,14-16H,5,11-12H2,1-4H3/t14-,15+,16-,21-/m1/s1. The summed E-state index contributed by atoms with van der Waals surface area (Å²) in [6.45, 7) is 2.61. The molecule has 0 radical (unpaired) electrons. The third kappa shape index (κ3) is 2.44. The van der Waals surface area contributed by atoms with Gasteiger partial charge in [-0.2, -0.15) is 0 Å². The first-order valence-corrected chi connectivity index (χ1v) is 9.87. The highest BCUT2D eigenvalue weighted by atomic mass is 16.5. The molecule has 4 rings (SSSR count). The van der Waals surface area contributed by atoms with Crippen molar-refractivity contribution in [1.29, 1.82) is 0 Å². The lowest BCUT2D eigenvalue weighted by Gasteiger charge is -2.39. The van der Waals surface area contributed by atoms with Crippen molar-refractivity contribution in [2.24, 2.45) is 16.8 Å². The van der Waals surface area contributed by atoms with Crippen LogP contribution in [0.3, 0.4) is 0 Å². The lowest BCUT2D eigenvalue weighted by atomic mass is 9.78. The van der Waals surface area contributed by atoms with E-state index in [-0.39, 0.29) is 24.4 Å². The van der Waals surface area contributed by atoms with Gasteiger partial charge >= 0.3 is 5.97 Å². The fourth-order valence-electron chi connectivity index (χ4n) is 5.45. The zero-order valence-corrected chi connectivity index (χ0v) is 17.2. The van der Waals surface area contributed by atoms with Gasteiger partial charge in [0.05, 0.1) is 31.5 Å². The van der Waals surface area contributed by atoms with Gasteiger partial charge in [-0.1, -0.05) is 37.3 Å². The minimum absolute atomic E-state index is 0.212. The highest BCUT2D eigenvalue weighted by Crippen LogP contribution is 2.53. The molecule has 0 saturated carbocycles. The van der Waals surface area contributed by atoms with E-state index in [0.29, 0.717) is 18.9 Å². The van der Waals surface area contributed by atoms with Crippen molar-refractivity contribution >= 4 is 23.7 Å². The van der Waals surface area contributed by atoms with Crippen molar-refractivity contribution in [3.8, 4) is 0 Å². The number of likely N-dealkylation sites (N-methyl/N-ethyl adjacent to an activating group) is 1. The summed E-state index contributed by atoms with van der Waals surface area (Å²) in [4.78, 5) is 49.6. The highest BCUT2D eigenvalue weighted by molar-refractivity contribution is 6.11. The van der Waals surface area contributed by atoms with Crippen LogP contribution in [0, 0.1) is 11.8 Å². The maximum atomic E-state index is 13.5. The molecule has 3 heterocycles. The summed E-state index contributed by atoms with van der Waals surface area (Å²) < 4.78 is 5.17. The first-order valence-electron chi connectivity index (χ1n) is 9.87. The lowest BCUT2D eigenvalue weighted by molar-refractivity contribution is -0.158. The van der Waals surface area contributed by atoms with Crippen molar-refractivity contribution in [1.82, 2.24) is 14.7 Å². The zero-order valence-electron chi connectivity index (χ0n) is 17.2. The van der Waals surface area contributed by atoms with Crippen LogP contribution in [0.25, 0.3) is 0 Å². The highest BCUT2D eigenvalue weighted by Gasteiger charge is 2.74. The second-order valence-corrected chi connectivity index (χ2v) is 7.86. The number of likely N-dealkylation sites (tertiary alicyclic amines) is 1. The number of methoxy groups -OCH3 is 1. The van der Waals surface area contributed by atoms with E-state index in [1.807, 2.05) is 54.1 Å². The fraction of sp³-hybridized carbons (Fsp3) is 0.524. The van der Waals surface area contributed by atoms with Crippen LogP contribution < -0.4 is 0 Å². The Labute approximate surface area is 170 Å².